The highest BCUT2D eigenvalue weighted by atomic mass is 16.5. The third kappa shape index (κ3) is 3.02. The number of ether oxygens (including phenoxy) is 1. The van der Waals surface area contributed by atoms with Crippen LogP contribution in [0.25, 0.3) is 0 Å². The number of carbonyl (C=O) groups is 1. The van der Waals surface area contributed by atoms with Crippen molar-refractivity contribution in [3.8, 4) is 0 Å². The van der Waals surface area contributed by atoms with Crippen molar-refractivity contribution in [3.63, 3.8) is 0 Å². The molecule has 0 aliphatic carbocycles. The van der Waals surface area contributed by atoms with Crippen LogP contribution in [0.15, 0.2) is 12.4 Å². The number of hydrogen-bond acceptors (Lipinski definition) is 4. The van der Waals surface area contributed by atoms with Gasteiger partial charge in [0.05, 0.1) is 25.5 Å². The van der Waals surface area contributed by atoms with Gasteiger partial charge in [0.25, 0.3) is 0 Å². The van der Waals surface area contributed by atoms with Crippen LogP contribution in [0.4, 0.5) is 0 Å². The third-order valence-electron chi connectivity index (χ3n) is 4.15. The topological polar surface area (TPSA) is 61.5 Å². The lowest BCUT2D eigenvalue weighted by Gasteiger charge is -2.29. The number of nitrogens with one attached hydrogen (secondary N) is 1. The lowest BCUT2D eigenvalue weighted by atomic mass is 10.1. The molecule has 1 aromatic rings. The number of fused-ring (bicyclic) bond motifs is 3. The van der Waals surface area contributed by atoms with Crippen molar-refractivity contribution in [1.82, 2.24) is 20.0 Å². The zero-order valence-electron chi connectivity index (χ0n) is 11.9. The minimum absolute atomic E-state index is 0.198. The number of hydrogen-bond donors (Lipinski definition) is 1. The Kier molecular flexibility index (Phi) is 4.03. The van der Waals surface area contributed by atoms with Crippen LogP contribution in [0.1, 0.15) is 12.0 Å². The summed E-state index contributed by atoms with van der Waals surface area (Å²) in [6.07, 6.45) is 4.93. The molecule has 6 nitrogen and oxygen atoms in total. The van der Waals surface area contributed by atoms with Crippen LogP contribution in [0, 0.1) is 5.92 Å². The first-order valence-corrected chi connectivity index (χ1v) is 7.26. The van der Waals surface area contributed by atoms with Crippen molar-refractivity contribution in [2.24, 2.45) is 5.92 Å². The normalized spacial score (nSPS) is 27.4. The molecule has 0 radical (unpaired) electrons. The van der Waals surface area contributed by atoms with E-state index in [1.165, 1.54) is 0 Å². The van der Waals surface area contributed by atoms with E-state index in [0.29, 0.717) is 18.9 Å². The minimum Gasteiger partial charge on any atom is -0.379 e. The number of nitrogens with zero attached hydrogens (tertiary/aromatic N) is 3. The van der Waals surface area contributed by atoms with Crippen molar-refractivity contribution >= 4 is 5.91 Å². The molecule has 2 fully saturated rings. The average molecular weight is 278 g/mol. The zero-order valence-corrected chi connectivity index (χ0v) is 11.9. The predicted octanol–water partition coefficient (Wildman–Crippen LogP) is 0.131. The lowest BCUT2D eigenvalue weighted by molar-refractivity contribution is -0.133. The third-order valence-corrected chi connectivity index (χ3v) is 4.15. The van der Waals surface area contributed by atoms with Crippen molar-refractivity contribution in [3.05, 3.63) is 18.0 Å². The van der Waals surface area contributed by atoms with Crippen LogP contribution in [0.3, 0.4) is 0 Å². The fourth-order valence-electron chi connectivity index (χ4n) is 3.19. The molecule has 3 rings (SSSR count). The van der Waals surface area contributed by atoms with Gasteiger partial charge in [-0.2, -0.15) is 5.10 Å². The minimum atomic E-state index is 0.198. The Morgan fingerprint density at radius 2 is 2.35 bits per heavy atom. The molecule has 20 heavy (non-hydrogen) atoms. The number of aryl methyl sites for hydroxylation is 1. The maximum Gasteiger partial charge on any atom is 0.223 e. The Labute approximate surface area is 119 Å². The summed E-state index contributed by atoms with van der Waals surface area (Å²) in [4.78, 5) is 16.9. The van der Waals surface area contributed by atoms with Crippen LogP contribution >= 0.6 is 0 Å². The summed E-state index contributed by atoms with van der Waals surface area (Å²) in [7, 11) is 2.13. The Bertz CT molecular complexity index is 448. The van der Waals surface area contributed by atoms with Gasteiger partial charge in [0, 0.05) is 38.2 Å². The average Bonchev–Trinajstić information content (AvgIpc) is 2.78. The molecule has 1 amide bonds. The molecule has 0 saturated carbocycles. The van der Waals surface area contributed by atoms with Gasteiger partial charge in [0.15, 0.2) is 0 Å². The molecule has 2 aliphatic rings. The molecule has 6 heteroatoms. The number of aromatic amines is 1. The summed E-state index contributed by atoms with van der Waals surface area (Å²) >= 11 is 0. The fourth-order valence-corrected chi connectivity index (χ4v) is 3.19. The molecule has 0 spiro atoms. The Balaban J connectivity index is 1.64. The van der Waals surface area contributed by atoms with Crippen LogP contribution < -0.4 is 0 Å². The van der Waals surface area contributed by atoms with Gasteiger partial charge in [-0.3, -0.25) is 9.89 Å². The predicted molar refractivity (Wildman–Crippen MR) is 74.2 cm³/mol. The van der Waals surface area contributed by atoms with Crippen LogP contribution in [-0.2, 0) is 16.0 Å². The second kappa shape index (κ2) is 5.93. The maximum absolute atomic E-state index is 12.5. The summed E-state index contributed by atoms with van der Waals surface area (Å²) in [6, 6.07) is 0.198. The van der Waals surface area contributed by atoms with Crippen LogP contribution in [-0.4, -0.2) is 71.8 Å². The summed E-state index contributed by atoms with van der Waals surface area (Å²) in [5.41, 5.74) is 1.09. The fraction of sp³-hybridized carbons (Fsp3) is 0.714. The molecule has 110 valence electrons. The van der Waals surface area contributed by atoms with E-state index in [9.17, 15) is 4.79 Å². The molecule has 3 heterocycles. The maximum atomic E-state index is 12.5. The molecule has 1 aromatic heterocycles. The highest BCUT2D eigenvalue weighted by Gasteiger charge is 2.34. The van der Waals surface area contributed by atoms with Gasteiger partial charge in [-0.05, 0) is 19.0 Å². The zero-order chi connectivity index (χ0) is 13.9. The van der Waals surface area contributed by atoms with E-state index < -0.39 is 0 Å². The van der Waals surface area contributed by atoms with E-state index in [1.54, 1.807) is 6.20 Å². The van der Waals surface area contributed by atoms with E-state index in [-0.39, 0.29) is 11.9 Å². The summed E-state index contributed by atoms with van der Waals surface area (Å²) in [5.74, 6) is 0.673. The number of likely N-dealkylation sites (N-methyl/N-ethyl adjacent to an activating group) is 1. The standard InChI is InChI=1S/C14H22N4O2/c1-17-6-12-7-18(13(8-17)10-20-9-12)14(19)3-2-11-4-15-16-5-11/h4-5,12-13H,2-3,6-10H2,1H3,(H,15,16)/t12-,13-/m0/s1. The van der Waals surface area contributed by atoms with E-state index in [1.807, 2.05) is 11.1 Å². The van der Waals surface area contributed by atoms with Crippen molar-refractivity contribution < 1.29 is 9.53 Å². The number of carbonyl (C=O) groups excluding carboxylic acids is 1. The first-order valence-electron chi connectivity index (χ1n) is 7.26. The molecular weight excluding hydrogens is 256 g/mol. The molecule has 1 N–H and O–H groups in total. The van der Waals surface area contributed by atoms with E-state index in [4.69, 9.17) is 4.74 Å². The molecule has 0 unspecified atom stereocenters. The summed E-state index contributed by atoms with van der Waals surface area (Å²) < 4.78 is 5.71. The molecule has 2 bridgehead atoms. The van der Waals surface area contributed by atoms with Gasteiger partial charge >= 0.3 is 0 Å². The lowest BCUT2D eigenvalue weighted by Crippen LogP contribution is -2.46. The second-order valence-electron chi connectivity index (χ2n) is 5.93. The van der Waals surface area contributed by atoms with E-state index in [2.05, 4.69) is 22.1 Å². The van der Waals surface area contributed by atoms with Crippen molar-refractivity contribution in [1.29, 1.82) is 0 Å². The second-order valence-corrected chi connectivity index (χ2v) is 5.93. The van der Waals surface area contributed by atoms with Crippen molar-refractivity contribution in [2.45, 2.75) is 18.9 Å². The van der Waals surface area contributed by atoms with Gasteiger partial charge in [0.2, 0.25) is 5.91 Å². The quantitative estimate of drug-likeness (QED) is 0.854. The smallest absolute Gasteiger partial charge is 0.223 e. The number of H-pyrrole nitrogens is 1. The Hall–Kier alpha value is -1.40. The van der Waals surface area contributed by atoms with Crippen LogP contribution in [0.2, 0.25) is 0 Å². The Morgan fingerprint density at radius 3 is 3.15 bits per heavy atom. The SMILES string of the molecule is CN1C[C@@H]2COC[C@H](C1)N(C(=O)CCc1cn[nH]c1)C2. The monoisotopic (exact) mass is 278 g/mol. The highest BCUT2D eigenvalue weighted by Crippen LogP contribution is 2.20. The van der Waals surface area contributed by atoms with Gasteiger partial charge in [-0.15, -0.1) is 0 Å². The van der Waals surface area contributed by atoms with Crippen LogP contribution in [0.5, 0.6) is 0 Å². The van der Waals surface area contributed by atoms with Gasteiger partial charge in [-0.1, -0.05) is 0 Å². The summed E-state index contributed by atoms with van der Waals surface area (Å²) in [5, 5.41) is 6.70. The van der Waals surface area contributed by atoms with E-state index >= 15 is 0 Å². The molecule has 2 aliphatic heterocycles. The van der Waals surface area contributed by atoms with E-state index in [0.717, 1.165) is 38.2 Å². The molecule has 0 aromatic carbocycles. The summed E-state index contributed by atoms with van der Waals surface area (Å²) in [6.45, 7) is 4.19. The van der Waals surface area contributed by atoms with Crippen molar-refractivity contribution in [2.75, 3.05) is 39.9 Å². The molecule has 2 saturated heterocycles. The Morgan fingerprint density at radius 1 is 1.45 bits per heavy atom. The van der Waals surface area contributed by atoms with Gasteiger partial charge < -0.3 is 14.5 Å². The number of amides is 1. The number of rotatable bonds is 3. The van der Waals surface area contributed by atoms with Gasteiger partial charge in [-0.25, -0.2) is 0 Å². The first-order chi connectivity index (χ1) is 9.72. The molecular formula is C14H22N4O2. The largest absolute Gasteiger partial charge is 0.379 e. The van der Waals surface area contributed by atoms with Gasteiger partial charge in [0.1, 0.15) is 0 Å². The first kappa shape index (κ1) is 13.6. The highest BCUT2D eigenvalue weighted by molar-refractivity contribution is 5.77. The number of aromatic nitrogens is 2. The molecule has 2 atom stereocenters.